The summed E-state index contributed by atoms with van der Waals surface area (Å²) in [5, 5.41) is 6.06. The SMILES string of the molecule is CCOC(=O)N1CCNCC1NC(=O)c1ccccc1C. The van der Waals surface area contributed by atoms with Crippen molar-refractivity contribution in [1.82, 2.24) is 15.5 Å². The molecule has 0 radical (unpaired) electrons. The summed E-state index contributed by atoms with van der Waals surface area (Å²) in [7, 11) is 0. The van der Waals surface area contributed by atoms with Crippen LogP contribution in [0.4, 0.5) is 4.79 Å². The van der Waals surface area contributed by atoms with Crippen LogP contribution >= 0.6 is 0 Å². The number of amides is 2. The number of nitrogens with zero attached hydrogens (tertiary/aromatic N) is 1. The number of rotatable bonds is 3. The molecule has 2 amide bonds. The summed E-state index contributed by atoms with van der Waals surface area (Å²) in [6.07, 6.45) is -0.793. The van der Waals surface area contributed by atoms with Crippen LogP contribution in [0.25, 0.3) is 0 Å². The molecule has 6 nitrogen and oxygen atoms in total. The summed E-state index contributed by atoms with van der Waals surface area (Å²) in [4.78, 5) is 25.8. The maximum atomic E-state index is 12.3. The zero-order chi connectivity index (χ0) is 15.2. The quantitative estimate of drug-likeness (QED) is 0.875. The molecule has 1 aromatic rings. The number of hydrogen-bond donors (Lipinski definition) is 2. The Bertz CT molecular complexity index is 519. The molecule has 0 aromatic heterocycles. The standard InChI is InChI=1S/C15H21N3O3/c1-3-21-15(20)18-9-8-16-10-13(18)17-14(19)12-7-5-4-6-11(12)2/h4-7,13,16H,3,8-10H2,1-2H3,(H,17,19). The van der Waals surface area contributed by atoms with E-state index < -0.39 is 12.3 Å². The van der Waals surface area contributed by atoms with Crippen molar-refractivity contribution in [3.63, 3.8) is 0 Å². The molecule has 2 rings (SSSR count). The van der Waals surface area contributed by atoms with Crippen LogP contribution < -0.4 is 10.6 Å². The highest BCUT2D eigenvalue weighted by atomic mass is 16.6. The Hall–Kier alpha value is -2.08. The smallest absolute Gasteiger partial charge is 0.411 e. The van der Waals surface area contributed by atoms with Crippen LogP contribution in [0.5, 0.6) is 0 Å². The van der Waals surface area contributed by atoms with Gasteiger partial charge in [-0.3, -0.25) is 9.69 Å². The fourth-order valence-electron chi connectivity index (χ4n) is 2.31. The van der Waals surface area contributed by atoms with Gasteiger partial charge in [-0.05, 0) is 25.5 Å². The van der Waals surface area contributed by atoms with E-state index in [2.05, 4.69) is 10.6 Å². The van der Waals surface area contributed by atoms with Crippen molar-refractivity contribution in [3.05, 3.63) is 35.4 Å². The predicted molar refractivity (Wildman–Crippen MR) is 79.0 cm³/mol. The van der Waals surface area contributed by atoms with E-state index in [1.807, 2.05) is 25.1 Å². The van der Waals surface area contributed by atoms with E-state index in [0.29, 0.717) is 31.8 Å². The Kier molecular flexibility index (Phi) is 5.16. The van der Waals surface area contributed by atoms with Gasteiger partial charge in [0, 0.05) is 25.2 Å². The van der Waals surface area contributed by atoms with Crippen molar-refractivity contribution >= 4 is 12.0 Å². The average Bonchev–Trinajstić information content (AvgIpc) is 2.48. The third kappa shape index (κ3) is 3.72. The molecule has 1 aliphatic heterocycles. The minimum absolute atomic E-state index is 0.184. The molecule has 6 heteroatoms. The zero-order valence-electron chi connectivity index (χ0n) is 12.4. The fraction of sp³-hybridized carbons (Fsp3) is 0.467. The number of aryl methyl sites for hydroxylation is 1. The van der Waals surface area contributed by atoms with Crippen LogP contribution in [0.2, 0.25) is 0 Å². The third-order valence-corrected chi connectivity index (χ3v) is 3.43. The molecular weight excluding hydrogens is 270 g/mol. The Labute approximate surface area is 124 Å². The van der Waals surface area contributed by atoms with Gasteiger partial charge in [0.1, 0.15) is 6.17 Å². The maximum absolute atomic E-state index is 12.3. The molecule has 21 heavy (non-hydrogen) atoms. The molecule has 1 aliphatic rings. The lowest BCUT2D eigenvalue weighted by Crippen LogP contribution is -2.60. The summed E-state index contributed by atoms with van der Waals surface area (Å²) >= 11 is 0. The normalized spacial score (nSPS) is 18.2. The lowest BCUT2D eigenvalue weighted by Gasteiger charge is -2.35. The lowest BCUT2D eigenvalue weighted by atomic mass is 10.1. The predicted octanol–water partition coefficient (Wildman–Crippen LogP) is 1.11. The summed E-state index contributed by atoms with van der Waals surface area (Å²) in [5.41, 5.74) is 1.52. The van der Waals surface area contributed by atoms with Crippen LogP contribution in [-0.2, 0) is 4.74 Å². The van der Waals surface area contributed by atoms with Gasteiger partial charge in [0.25, 0.3) is 5.91 Å². The molecule has 0 spiro atoms. The van der Waals surface area contributed by atoms with Crippen LogP contribution in [0.15, 0.2) is 24.3 Å². The van der Waals surface area contributed by atoms with E-state index in [-0.39, 0.29) is 5.91 Å². The highest BCUT2D eigenvalue weighted by molar-refractivity contribution is 5.95. The summed E-state index contributed by atoms with van der Waals surface area (Å²) in [6, 6.07) is 7.37. The van der Waals surface area contributed by atoms with E-state index in [1.165, 1.54) is 0 Å². The minimum atomic E-state index is -0.398. The summed E-state index contributed by atoms with van der Waals surface area (Å²) in [6.45, 7) is 5.68. The van der Waals surface area contributed by atoms with Crippen LogP contribution in [0.3, 0.4) is 0 Å². The molecule has 0 saturated carbocycles. The second-order valence-electron chi connectivity index (χ2n) is 4.90. The van der Waals surface area contributed by atoms with Crippen molar-refractivity contribution in [2.45, 2.75) is 20.0 Å². The van der Waals surface area contributed by atoms with Gasteiger partial charge in [0.05, 0.1) is 6.61 Å². The lowest BCUT2D eigenvalue weighted by molar-refractivity contribution is 0.0648. The van der Waals surface area contributed by atoms with E-state index in [9.17, 15) is 9.59 Å². The maximum Gasteiger partial charge on any atom is 0.411 e. The van der Waals surface area contributed by atoms with Gasteiger partial charge < -0.3 is 15.4 Å². The molecule has 1 atom stereocenters. The molecule has 1 fully saturated rings. The first kappa shape index (κ1) is 15.3. The second-order valence-corrected chi connectivity index (χ2v) is 4.90. The fourth-order valence-corrected chi connectivity index (χ4v) is 2.31. The molecule has 1 aromatic carbocycles. The Morgan fingerprint density at radius 3 is 2.90 bits per heavy atom. The number of carbonyl (C=O) groups is 2. The molecule has 114 valence electrons. The van der Waals surface area contributed by atoms with Gasteiger partial charge in [0.15, 0.2) is 0 Å². The number of piperazine rings is 1. The largest absolute Gasteiger partial charge is 0.450 e. The molecule has 2 N–H and O–H groups in total. The van der Waals surface area contributed by atoms with Crippen molar-refractivity contribution in [2.75, 3.05) is 26.2 Å². The third-order valence-electron chi connectivity index (χ3n) is 3.43. The van der Waals surface area contributed by atoms with Gasteiger partial charge in [-0.2, -0.15) is 0 Å². The molecule has 0 aliphatic carbocycles. The van der Waals surface area contributed by atoms with Crippen LogP contribution in [-0.4, -0.2) is 49.3 Å². The van der Waals surface area contributed by atoms with Crippen molar-refractivity contribution in [2.24, 2.45) is 0 Å². The van der Waals surface area contributed by atoms with Gasteiger partial charge in [-0.15, -0.1) is 0 Å². The van der Waals surface area contributed by atoms with E-state index in [0.717, 1.165) is 5.56 Å². The van der Waals surface area contributed by atoms with Gasteiger partial charge >= 0.3 is 6.09 Å². The second kappa shape index (κ2) is 7.08. The van der Waals surface area contributed by atoms with Gasteiger partial charge in [0.2, 0.25) is 0 Å². The Morgan fingerprint density at radius 2 is 2.19 bits per heavy atom. The topological polar surface area (TPSA) is 70.7 Å². The monoisotopic (exact) mass is 291 g/mol. The van der Waals surface area contributed by atoms with Crippen molar-refractivity contribution in [3.8, 4) is 0 Å². The molecule has 1 heterocycles. The zero-order valence-corrected chi connectivity index (χ0v) is 12.4. The molecular formula is C15H21N3O3. The molecule has 1 saturated heterocycles. The van der Waals surface area contributed by atoms with Gasteiger partial charge in [-0.25, -0.2) is 4.79 Å². The van der Waals surface area contributed by atoms with Crippen LogP contribution in [0, 0.1) is 6.92 Å². The minimum Gasteiger partial charge on any atom is -0.450 e. The van der Waals surface area contributed by atoms with E-state index >= 15 is 0 Å². The summed E-state index contributed by atoms with van der Waals surface area (Å²) in [5.74, 6) is -0.184. The Morgan fingerprint density at radius 1 is 1.43 bits per heavy atom. The van der Waals surface area contributed by atoms with Gasteiger partial charge in [-0.1, -0.05) is 18.2 Å². The number of carbonyl (C=O) groups excluding carboxylic acids is 2. The first-order chi connectivity index (χ1) is 10.1. The Balaban J connectivity index is 2.07. The number of benzene rings is 1. The van der Waals surface area contributed by atoms with Crippen molar-refractivity contribution < 1.29 is 14.3 Å². The average molecular weight is 291 g/mol. The summed E-state index contributed by atoms with van der Waals surface area (Å²) < 4.78 is 5.03. The van der Waals surface area contributed by atoms with Crippen molar-refractivity contribution in [1.29, 1.82) is 0 Å². The van der Waals surface area contributed by atoms with E-state index in [1.54, 1.807) is 17.9 Å². The number of hydrogen-bond acceptors (Lipinski definition) is 4. The van der Waals surface area contributed by atoms with E-state index in [4.69, 9.17) is 4.74 Å². The highest BCUT2D eigenvalue weighted by Crippen LogP contribution is 2.09. The molecule has 0 bridgehead atoms. The van der Waals surface area contributed by atoms with Crippen LogP contribution in [0.1, 0.15) is 22.8 Å². The number of nitrogens with one attached hydrogen (secondary N) is 2. The first-order valence-corrected chi connectivity index (χ1v) is 7.14. The number of ether oxygens (including phenoxy) is 1. The first-order valence-electron chi connectivity index (χ1n) is 7.14. The highest BCUT2D eigenvalue weighted by Gasteiger charge is 2.29. The molecule has 1 unspecified atom stereocenters.